The van der Waals surface area contributed by atoms with Gasteiger partial charge < -0.3 is 0 Å². The third-order valence-corrected chi connectivity index (χ3v) is 3.46. The summed E-state index contributed by atoms with van der Waals surface area (Å²) in [6.07, 6.45) is 6.62. The highest BCUT2D eigenvalue weighted by molar-refractivity contribution is 7.99. The fraction of sp³-hybridized carbons (Fsp3) is 0.385. The zero-order valence-electron chi connectivity index (χ0n) is 11.0. The van der Waals surface area contributed by atoms with Crippen LogP contribution in [0.15, 0.2) is 36.9 Å². The number of benzene rings is 1. The molecule has 1 aromatic heterocycles. The van der Waals surface area contributed by atoms with Crippen molar-refractivity contribution in [3.63, 3.8) is 0 Å². The van der Waals surface area contributed by atoms with E-state index in [0.29, 0.717) is 5.25 Å². The van der Waals surface area contributed by atoms with Crippen molar-refractivity contribution < 1.29 is 8.78 Å². The van der Waals surface area contributed by atoms with E-state index in [2.05, 4.69) is 23.3 Å². The van der Waals surface area contributed by atoms with Gasteiger partial charge in [0.25, 0.3) is 0 Å². The molecule has 1 aromatic carbocycles. The van der Waals surface area contributed by atoms with Crippen molar-refractivity contribution in [2.75, 3.05) is 6.26 Å². The zero-order chi connectivity index (χ0) is 14.1. The third-order valence-electron chi connectivity index (χ3n) is 2.42. The lowest BCUT2D eigenvalue weighted by atomic mass is 10.3. The number of aryl methyl sites for hydroxylation is 1. The summed E-state index contributed by atoms with van der Waals surface area (Å²) in [6, 6.07) is 4.55. The number of thioether (sulfide) groups is 1. The summed E-state index contributed by atoms with van der Waals surface area (Å²) in [5.74, 6) is -1.07. The second kappa shape index (κ2) is 8.63. The first-order valence-electron chi connectivity index (χ1n) is 5.88. The van der Waals surface area contributed by atoms with Gasteiger partial charge in [-0.25, -0.2) is 13.8 Å². The van der Waals surface area contributed by atoms with Crippen molar-refractivity contribution in [1.82, 2.24) is 14.8 Å². The molecule has 0 spiro atoms. The van der Waals surface area contributed by atoms with Crippen LogP contribution >= 0.6 is 11.8 Å². The second-order valence-electron chi connectivity index (χ2n) is 3.93. The molecule has 1 unspecified atom stereocenters. The minimum absolute atomic E-state index is 0.537. The highest BCUT2D eigenvalue weighted by Crippen LogP contribution is 2.09. The molecule has 0 aliphatic heterocycles. The number of nitrogens with zero attached hydrogens (tertiary/aromatic N) is 3. The normalized spacial score (nSPS) is 11.6. The van der Waals surface area contributed by atoms with Crippen LogP contribution in [0.5, 0.6) is 0 Å². The summed E-state index contributed by atoms with van der Waals surface area (Å²) < 4.78 is 25.7. The van der Waals surface area contributed by atoms with Crippen molar-refractivity contribution in [3.8, 4) is 0 Å². The molecule has 0 aliphatic rings. The van der Waals surface area contributed by atoms with Crippen molar-refractivity contribution in [2.24, 2.45) is 0 Å². The van der Waals surface area contributed by atoms with Gasteiger partial charge in [-0.1, -0.05) is 13.0 Å². The van der Waals surface area contributed by atoms with Gasteiger partial charge in [0.15, 0.2) is 0 Å². The second-order valence-corrected chi connectivity index (χ2v) is 5.21. The van der Waals surface area contributed by atoms with Crippen LogP contribution in [0.3, 0.4) is 0 Å². The number of hydrogen-bond donors (Lipinski definition) is 0. The molecule has 1 atom stereocenters. The molecule has 0 bridgehead atoms. The van der Waals surface area contributed by atoms with Gasteiger partial charge in [0, 0.05) is 17.9 Å². The largest absolute Gasteiger partial charge is 0.253 e. The van der Waals surface area contributed by atoms with Gasteiger partial charge in [0.05, 0.1) is 0 Å². The highest BCUT2D eigenvalue weighted by Gasteiger charge is 1.99. The summed E-state index contributed by atoms with van der Waals surface area (Å²) >= 11 is 1.89. The van der Waals surface area contributed by atoms with E-state index in [4.69, 9.17) is 0 Å². The van der Waals surface area contributed by atoms with Crippen LogP contribution in [0.2, 0.25) is 0 Å². The lowest BCUT2D eigenvalue weighted by Crippen LogP contribution is -2.04. The van der Waals surface area contributed by atoms with Crippen LogP contribution in [-0.2, 0) is 6.54 Å². The third kappa shape index (κ3) is 6.91. The zero-order valence-corrected chi connectivity index (χ0v) is 11.8. The Balaban J connectivity index is 0.000000200. The Bertz CT molecular complexity index is 445. The van der Waals surface area contributed by atoms with Crippen LogP contribution in [0, 0.1) is 11.6 Å². The number of hydrogen-bond acceptors (Lipinski definition) is 3. The predicted octanol–water partition coefficient (Wildman–Crippen LogP) is 3.38. The van der Waals surface area contributed by atoms with Gasteiger partial charge in [-0.2, -0.15) is 16.9 Å². The topological polar surface area (TPSA) is 30.7 Å². The van der Waals surface area contributed by atoms with E-state index in [1.807, 2.05) is 16.4 Å². The van der Waals surface area contributed by atoms with E-state index in [9.17, 15) is 8.78 Å². The smallest absolute Gasteiger partial charge is 0.137 e. The molecule has 0 aliphatic carbocycles. The average molecular weight is 285 g/mol. The van der Waals surface area contributed by atoms with E-state index in [0.717, 1.165) is 19.0 Å². The Hall–Kier alpha value is -1.43. The Morgan fingerprint density at radius 3 is 2.42 bits per heavy atom. The maximum atomic E-state index is 11.9. The molecule has 2 rings (SSSR count). The molecule has 0 fully saturated rings. The molecule has 0 N–H and O–H groups in total. The summed E-state index contributed by atoms with van der Waals surface area (Å²) in [4.78, 5) is 3.87. The molecule has 2 aromatic rings. The van der Waals surface area contributed by atoms with Crippen LogP contribution in [0.25, 0.3) is 0 Å². The summed E-state index contributed by atoms with van der Waals surface area (Å²) in [5.41, 5.74) is 0. The number of rotatable bonds is 4. The quantitative estimate of drug-likeness (QED) is 0.862. The van der Waals surface area contributed by atoms with Gasteiger partial charge in [-0.05, 0) is 24.8 Å². The minimum atomic E-state index is -0.537. The Kier molecular flexibility index (Phi) is 7.10. The number of halogens is 2. The maximum Gasteiger partial charge on any atom is 0.137 e. The van der Waals surface area contributed by atoms with Crippen LogP contribution in [0.1, 0.15) is 13.3 Å². The maximum absolute atomic E-state index is 11.9. The first-order valence-corrected chi connectivity index (χ1v) is 7.17. The summed E-state index contributed by atoms with van der Waals surface area (Å²) in [5, 5.41) is 4.73. The molecule has 0 radical (unpaired) electrons. The molecular weight excluding hydrogens is 268 g/mol. The fourth-order valence-corrected chi connectivity index (χ4v) is 1.58. The molecule has 1 heterocycles. The van der Waals surface area contributed by atoms with Gasteiger partial charge in [0.1, 0.15) is 24.3 Å². The van der Waals surface area contributed by atoms with Gasteiger partial charge >= 0.3 is 0 Å². The van der Waals surface area contributed by atoms with E-state index < -0.39 is 11.6 Å². The Labute approximate surface area is 116 Å². The first kappa shape index (κ1) is 15.6. The monoisotopic (exact) mass is 285 g/mol. The van der Waals surface area contributed by atoms with Crippen molar-refractivity contribution in [2.45, 2.75) is 25.1 Å². The lowest BCUT2D eigenvalue weighted by molar-refractivity contribution is 0.576. The van der Waals surface area contributed by atoms with E-state index in [1.165, 1.54) is 18.2 Å². The van der Waals surface area contributed by atoms with E-state index >= 15 is 0 Å². The summed E-state index contributed by atoms with van der Waals surface area (Å²) in [6.45, 7) is 3.20. The first-order chi connectivity index (χ1) is 9.11. The van der Waals surface area contributed by atoms with Crippen molar-refractivity contribution in [1.29, 1.82) is 0 Å². The molecule has 0 amide bonds. The molecule has 6 heteroatoms. The Morgan fingerprint density at radius 1 is 1.32 bits per heavy atom. The fourth-order valence-electron chi connectivity index (χ4n) is 1.24. The highest BCUT2D eigenvalue weighted by atomic mass is 32.2. The van der Waals surface area contributed by atoms with Gasteiger partial charge in [0.2, 0.25) is 0 Å². The van der Waals surface area contributed by atoms with Crippen molar-refractivity contribution in [3.05, 3.63) is 48.6 Å². The Morgan fingerprint density at radius 2 is 2.00 bits per heavy atom. The number of aromatic nitrogens is 3. The molecule has 104 valence electrons. The summed E-state index contributed by atoms with van der Waals surface area (Å²) in [7, 11) is 0. The van der Waals surface area contributed by atoms with Crippen molar-refractivity contribution >= 4 is 11.8 Å². The molecule has 0 saturated heterocycles. The van der Waals surface area contributed by atoms with Crippen LogP contribution in [0.4, 0.5) is 8.78 Å². The van der Waals surface area contributed by atoms with Gasteiger partial charge in [-0.3, -0.25) is 4.68 Å². The molecule has 0 saturated carbocycles. The van der Waals surface area contributed by atoms with E-state index in [1.54, 1.807) is 12.7 Å². The van der Waals surface area contributed by atoms with Gasteiger partial charge in [-0.15, -0.1) is 0 Å². The van der Waals surface area contributed by atoms with Crippen LogP contribution in [-0.4, -0.2) is 26.3 Å². The van der Waals surface area contributed by atoms with E-state index in [-0.39, 0.29) is 0 Å². The predicted molar refractivity (Wildman–Crippen MR) is 74.0 cm³/mol. The standard InChI is InChI=1S/C7H13N3S.C6H4F2/c1-7(11-2)3-4-10-6-8-5-9-10;7-5-2-1-3-6(8)4-5/h5-7H,3-4H2,1-2H3;1-4H. The minimum Gasteiger partial charge on any atom is -0.253 e. The lowest BCUT2D eigenvalue weighted by Gasteiger charge is -2.06. The molecule has 3 nitrogen and oxygen atoms in total. The molecule has 19 heavy (non-hydrogen) atoms. The SMILES string of the molecule is CSC(C)CCn1cncn1.Fc1cccc(F)c1. The van der Waals surface area contributed by atoms with Crippen LogP contribution < -0.4 is 0 Å². The average Bonchev–Trinajstić information content (AvgIpc) is 2.89. The molecular formula is C13H17F2N3S.